The Morgan fingerprint density at radius 3 is 2.47 bits per heavy atom. The summed E-state index contributed by atoms with van der Waals surface area (Å²) in [5.74, 6) is 3.84. The zero-order valence-electron chi connectivity index (χ0n) is 10.0. The average Bonchev–Trinajstić information content (AvgIpc) is 2.31. The summed E-state index contributed by atoms with van der Waals surface area (Å²) in [4.78, 5) is 0. The first-order valence-electron chi connectivity index (χ1n) is 6.87. The van der Waals surface area contributed by atoms with Crippen molar-refractivity contribution >= 4 is 0 Å². The molecule has 2 aliphatic rings. The minimum atomic E-state index is 0.969. The van der Waals surface area contributed by atoms with Gasteiger partial charge in [-0.05, 0) is 37.0 Å². The van der Waals surface area contributed by atoms with Crippen molar-refractivity contribution in [1.29, 1.82) is 0 Å². The second kappa shape index (κ2) is 5.72. The fraction of sp³-hybridized carbons (Fsp3) is 0.800. The van der Waals surface area contributed by atoms with Gasteiger partial charge in [0.1, 0.15) is 0 Å². The van der Waals surface area contributed by atoms with E-state index in [9.17, 15) is 0 Å². The highest BCUT2D eigenvalue weighted by atomic mass is 14.4. The maximum absolute atomic E-state index is 3.91. The first-order chi connectivity index (χ1) is 7.42. The van der Waals surface area contributed by atoms with Crippen molar-refractivity contribution in [2.45, 2.75) is 64.2 Å². The summed E-state index contributed by atoms with van der Waals surface area (Å²) < 4.78 is 0. The quantitative estimate of drug-likeness (QED) is 0.574. The van der Waals surface area contributed by atoms with Gasteiger partial charge in [-0.2, -0.15) is 0 Å². The molecule has 1 unspecified atom stereocenters. The summed E-state index contributed by atoms with van der Waals surface area (Å²) in [6.45, 7) is 3.91. The zero-order chi connectivity index (χ0) is 10.5. The Morgan fingerprint density at radius 1 is 1.00 bits per heavy atom. The zero-order valence-corrected chi connectivity index (χ0v) is 10.0. The minimum absolute atomic E-state index is 0.969. The third-order valence-electron chi connectivity index (χ3n) is 4.41. The molecule has 0 aromatic heterocycles. The molecule has 0 nitrogen and oxygen atoms in total. The topological polar surface area (TPSA) is 0 Å². The summed E-state index contributed by atoms with van der Waals surface area (Å²) in [7, 11) is 0. The van der Waals surface area contributed by atoms with Gasteiger partial charge in [-0.25, -0.2) is 0 Å². The van der Waals surface area contributed by atoms with Gasteiger partial charge in [-0.15, -0.1) is 6.58 Å². The predicted molar refractivity (Wildman–Crippen MR) is 66.6 cm³/mol. The van der Waals surface area contributed by atoms with Gasteiger partial charge in [0.05, 0.1) is 0 Å². The SMILES string of the molecule is C=CC[C]1CCCCC1C1CCCCC1. The van der Waals surface area contributed by atoms with Crippen LogP contribution in [0.25, 0.3) is 0 Å². The van der Waals surface area contributed by atoms with Crippen molar-refractivity contribution in [2.75, 3.05) is 0 Å². The predicted octanol–water partition coefficient (Wildman–Crippen LogP) is 4.91. The van der Waals surface area contributed by atoms with E-state index in [1.807, 2.05) is 5.92 Å². The molecule has 0 amide bonds. The first kappa shape index (κ1) is 11.2. The van der Waals surface area contributed by atoms with Crippen molar-refractivity contribution in [3.8, 4) is 0 Å². The summed E-state index contributed by atoms with van der Waals surface area (Å²) in [5.41, 5.74) is 0. The molecule has 1 atom stereocenters. The van der Waals surface area contributed by atoms with Crippen LogP contribution in [0.5, 0.6) is 0 Å². The van der Waals surface area contributed by atoms with Crippen molar-refractivity contribution in [2.24, 2.45) is 11.8 Å². The second-order valence-electron chi connectivity index (χ2n) is 5.40. The smallest absolute Gasteiger partial charge is 0.0170 e. The number of hydrogen-bond acceptors (Lipinski definition) is 0. The lowest BCUT2D eigenvalue weighted by molar-refractivity contribution is 0.213. The summed E-state index contributed by atoms with van der Waals surface area (Å²) in [6.07, 6.45) is 16.6. The van der Waals surface area contributed by atoms with E-state index in [4.69, 9.17) is 0 Å². The Kier molecular flexibility index (Phi) is 4.29. The van der Waals surface area contributed by atoms with E-state index in [1.165, 1.54) is 64.2 Å². The van der Waals surface area contributed by atoms with Crippen LogP contribution in [-0.2, 0) is 0 Å². The molecule has 2 fully saturated rings. The maximum Gasteiger partial charge on any atom is -0.0170 e. The van der Waals surface area contributed by atoms with Gasteiger partial charge >= 0.3 is 0 Å². The average molecular weight is 205 g/mol. The third-order valence-corrected chi connectivity index (χ3v) is 4.41. The molecule has 85 valence electrons. The van der Waals surface area contributed by atoms with E-state index in [1.54, 1.807) is 0 Å². The number of rotatable bonds is 3. The molecule has 15 heavy (non-hydrogen) atoms. The van der Waals surface area contributed by atoms with Crippen LogP contribution in [0, 0.1) is 17.8 Å². The molecular formula is C15H25. The van der Waals surface area contributed by atoms with E-state index >= 15 is 0 Å². The Bertz CT molecular complexity index is 188. The largest absolute Gasteiger partial charge is 0.103 e. The van der Waals surface area contributed by atoms with Crippen LogP contribution in [0.15, 0.2) is 12.7 Å². The highest BCUT2D eigenvalue weighted by Crippen LogP contribution is 2.43. The normalized spacial score (nSPS) is 30.3. The third kappa shape index (κ3) is 2.86. The lowest BCUT2D eigenvalue weighted by Crippen LogP contribution is -2.26. The molecule has 0 saturated heterocycles. The molecule has 2 aliphatic carbocycles. The Morgan fingerprint density at radius 2 is 1.73 bits per heavy atom. The van der Waals surface area contributed by atoms with Crippen LogP contribution in [0.1, 0.15) is 64.2 Å². The molecule has 0 heterocycles. The molecule has 0 aromatic rings. The molecule has 2 saturated carbocycles. The van der Waals surface area contributed by atoms with Crippen LogP contribution in [-0.4, -0.2) is 0 Å². The fourth-order valence-corrected chi connectivity index (χ4v) is 3.65. The lowest BCUT2D eigenvalue weighted by Gasteiger charge is -2.38. The summed E-state index contributed by atoms with van der Waals surface area (Å²) in [5, 5.41) is 0. The summed E-state index contributed by atoms with van der Waals surface area (Å²) in [6, 6.07) is 0. The van der Waals surface area contributed by atoms with E-state index in [0.29, 0.717) is 0 Å². The van der Waals surface area contributed by atoms with Crippen LogP contribution in [0.4, 0.5) is 0 Å². The van der Waals surface area contributed by atoms with Crippen molar-refractivity contribution in [3.05, 3.63) is 18.6 Å². The van der Waals surface area contributed by atoms with Gasteiger partial charge in [0.25, 0.3) is 0 Å². The van der Waals surface area contributed by atoms with E-state index in [0.717, 1.165) is 11.8 Å². The molecule has 0 spiro atoms. The first-order valence-corrected chi connectivity index (χ1v) is 6.87. The van der Waals surface area contributed by atoms with Crippen molar-refractivity contribution in [3.63, 3.8) is 0 Å². The van der Waals surface area contributed by atoms with Crippen LogP contribution < -0.4 is 0 Å². The molecule has 0 heteroatoms. The summed E-state index contributed by atoms with van der Waals surface area (Å²) >= 11 is 0. The van der Waals surface area contributed by atoms with Gasteiger partial charge in [0.15, 0.2) is 0 Å². The Hall–Kier alpha value is -0.260. The molecular weight excluding hydrogens is 180 g/mol. The standard InChI is InChI=1S/C15H25/c1-2-8-13-11-6-7-12-15(13)14-9-4-3-5-10-14/h2,14-15H,1,3-12H2. The Balaban J connectivity index is 1.93. The molecule has 0 bridgehead atoms. The number of allylic oxidation sites excluding steroid dienone is 1. The number of hydrogen-bond donors (Lipinski definition) is 0. The van der Waals surface area contributed by atoms with E-state index in [2.05, 4.69) is 12.7 Å². The van der Waals surface area contributed by atoms with Gasteiger partial charge in [-0.1, -0.05) is 51.0 Å². The molecule has 0 aliphatic heterocycles. The van der Waals surface area contributed by atoms with Crippen molar-refractivity contribution in [1.82, 2.24) is 0 Å². The van der Waals surface area contributed by atoms with Crippen molar-refractivity contribution < 1.29 is 0 Å². The highest BCUT2D eigenvalue weighted by Gasteiger charge is 2.31. The molecule has 0 N–H and O–H groups in total. The monoisotopic (exact) mass is 205 g/mol. The maximum atomic E-state index is 3.91. The van der Waals surface area contributed by atoms with Gasteiger partial charge in [0.2, 0.25) is 0 Å². The minimum Gasteiger partial charge on any atom is -0.103 e. The fourth-order valence-electron chi connectivity index (χ4n) is 3.65. The van der Waals surface area contributed by atoms with E-state index in [-0.39, 0.29) is 0 Å². The van der Waals surface area contributed by atoms with Gasteiger partial charge in [0, 0.05) is 0 Å². The van der Waals surface area contributed by atoms with Crippen LogP contribution >= 0.6 is 0 Å². The van der Waals surface area contributed by atoms with E-state index < -0.39 is 0 Å². The van der Waals surface area contributed by atoms with Crippen LogP contribution in [0.3, 0.4) is 0 Å². The molecule has 0 aromatic carbocycles. The van der Waals surface area contributed by atoms with Gasteiger partial charge < -0.3 is 0 Å². The van der Waals surface area contributed by atoms with Crippen LogP contribution in [0.2, 0.25) is 0 Å². The lowest BCUT2D eigenvalue weighted by atomic mass is 9.67. The molecule has 2 rings (SSSR count). The Labute approximate surface area is 95.1 Å². The van der Waals surface area contributed by atoms with Gasteiger partial charge in [-0.3, -0.25) is 0 Å². The molecule has 1 radical (unpaired) electrons. The second-order valence-corrected chi connectivity index (χ2v) is 5.40. The highest BCUT2D eigenvalue weighted by molar-refractivity contribution is 5.05.